The van der Waals surface area contributed by atoms with Crippen LogP contribution in [-0.4, -0.2) is 42.2 Å². The van der Waals surface area contributed by atoms with E-state index in [1.165, 1.54) is 12.8 Å². The van der Waals surface area contributed by atoms with E-state index in [4.69, 9.17) is 5.11 Å². The van der Waals surface area contributed by atoms with Gasteiger partial charge < -0.3 is 15.3 Å². The molecule has 1 saturated heterocycles. The minimum atomic E-state index is -0.910. The Bertz CT molecular complexity index is 515. The first-order valence-electron chi connectivity index (χ1n) is 6.66. The van der Waals surface area contributed by atoms with Gasteiger partial charge in [0.2, 0.25) is 0 Å². The van der Waals surface area contributed by atoms with Crippen LogP contribution in [-0.2, 0) is 0 Å². The van der Waals surface area contributed by atoms with E-state index < -0.39 is 5.97 Å². The van der Waals surface area contributed by atoms with E-state index in [1.807, 2.05) is 13.1 Å². The number of nitrogens with one attached hydrogen (secondary N) is 1. The van der Waals surface area contributed by atoms with Crippen LogP contribution in [0, 0.1) is 12.3 Å². The fourth-order valence-corrected chi connectivity index (χ4v) is 3.32. The number of carbonyl (C=O) groups is 1. The molecule has 0 bridgehead atoms. The summed E-state index contributed by atoms with van der Waals surface area (Å²) in [7, 11) is 2.02. The van der Waals surface area contributed by atoms with Crippen molar-refractivity contribution in [3.63, 3.8) is 0 Å². The van der Waals surface area contributed by atoms with Gasteiger partial charge in [0.1, 0.15) is 5.82 Å². The number of rotatable bonds is 3. The molecule has 2 heterocycles. The van der Waals surface area contributed by atoms with Crippen molar-refractivity contribution in [1.29, 1.82) is 0 Å². The Hall–Kier alpha value is -1.62. The third-order valence-corrected chi connectivity index (χ3v) is 4.45. The zero-order chi connectivity index (χ0) is 13.6. The van der Waals surface area contributed by atoms with Crippen LogP contribution >= 0.6 is 0 Å². The number of carboxylic acids is 1. The zero-order valence-corrected chi connectivity index (χ0v) is 11.3. The Morgan fingerprint density at radius 1 is 1.47 bits per heavy atom. The van der Waals surface area contributed by atoms with Crippen LogP contribution in [0.3, 0.4) is 0 Å². The molecule has 102 valence electrons. The number of pyridine rings is 1. The highest BCUT2D eigenvalue weighted by atomic mass is 16.4. The van der Waals surface area contributed by atoms with E-state index in [0.29, 0.717) is 17.2 Å². The second-order valence-corrected chi connectivity index (χ2v) is 5.86. The molecule has 2 fully saturated rings. The van der Waals surface area contributed by atoms with Crippen LogP contribution in [0.2, 0.25) is 0 Å². The molecular formula is C14H19N3O2. The molecule has 0 radical (unpaired) electrons. The molecule has 1 aromatic rings. The molecule has 0 aromatic carbocycles. The van der Waals surface area contributed by atoms with E-state index in [0.717, 1.165) is 18.9 Å². The summed E-state index contributed by atoms with van der Waals surface area (Å²) in [4.78, 5) is 17.6. The van der Waals surface area contributed by atoms with Gasteiger partial charge in [-0.15, -0.1) is 0 Å². The summed E-state index contributed by atoms with van der Waals surface area (Å²) in [5, 5.41) is 12.3. The topological polar surface area (TPSA) is 65.5 Å². The predicted octanol–water partition coefficient (Wildman–Crippen LogP) is 1.28. The number of aromatic nitrogens is 1. The fourth-order valence-electron chi connectivity index (χ4n) is 3.32. The van der Waals surface area contributed by atoms with Gasteiger partial charge in [0, 0.05) is 24.5 Å². The molecule has 5 heteroatoms. The van der Waals surface area contributed by atoms with E-state index >= 15 is 0 Å². The SMILES string of the molecule is CNC1CC2(C1)CN(c1ccc(C(=O)O)c(C)n1)C2. The molecule has 1 saturated carbocycles. The van der Waals surface area contributed by atoms with E-state index in [9.17, 15) is 4.79 Å². The first kappa shape index (κ1) is 12.4. The monoisotopic (exact) mass is 261 g/mol. The van der Waals surface area contributed by atoms with E-state index in [-0.39, 0.29) is 5.56 Å². The summed E-state index contributed by atoms with van der Waals surface area (Å²) in [5.41, 5.74) is 1.36. The molecule has 19 heavy (non-hydrogen) atoms. The number of anilines is 1. The van der Waals surface area contributed by atoms with E-state index in [2.05, 4.69) is 15.2 Å². The first-order valence-corrected chi connectivity index (χ1v) is 6.66. The number of hydrogen-bond donors (Lipinski definition) is 2. The first-order chi connectivity index (χ1) is 9.03. The third-order valence-electron chi connectivity index (χ3n) is 4.45. The Morgan fingerprint density at radius 2 is 2.16 bits per heavy atom. The van der Waals surface area contributed by atoms with Crippen molar-refractivity contribution in [2.24, 2.45) is 5.41 Å². The highest BCUT2D eigenvalue weighted by Gasteiger charge is 2.52. The lowest BCUT2D eigenvalue weighted by molar-refractivity contribution is 0.0515. The van der Waals surface area contributed by atoms with Crippen molar-refractivity contribution in [2.75, 3.05) is 25.0 Å². The third kappa shape index (κ3) is 1.98. The molecule has 1 spiro atoms. The van der Waals surface area contributed by atoms with Crippen LogP contribution in [0.4, 0.5) is 5.82 Å². The van der Waals surface area contributed by atoms with Crippen molar-refractivity contribution in [3.8, 4) is 0 Å². The summed E-state index contributed by atoms with van der Waals surface area (Å²) in [5.74, 6) is -0.00600. The second-order valence-electron chi connectivity index (χ2n) is 5.86. The molecule has 0 unspecified atom stereocenters. The van der Waals surface area contributed by atoms with Crippen LogP contribution in [0.5, 0.6) is 0 Å². The quantitative estimate of drug-likeness (QED) is 0.858. The van der Waals surface area contributed by atoms with Gasteiger partial charge in [0.05, 0.1) is 11.3 Å². The Kier molecular flexibility index (Phi) is 2.74. The summed E-state index contributed by atoms with van der Waals surface area (Å²) < 4.78 is 0. The van der Waals surface area contributed by atoms with Gasteiger partial charge in [-0.3, -0.25) is 0 Å². The van der Waals surface area contributed by atoms with Gasteiger partial charge in [-0.1, -0.05) is 0 Å². The lowest BCUT2D eigenvalue weighted by atomic mass is 9.60. The average Bonchev–Trinajstić information content (AvgIpc) is 2.25. The van der Waals surface area contributed by atoms with E-state index in [1.54, 1.807) is 13.0 Å². The summed E-state index contributed by atoms with van der Waals surface area (Å²) >= 11 is 0. The normalized spacial score (nSPS) is 21.1. The summed E-state index contributed by atoms with van der Waals surface area (Å²) in [6.07, 6.45) is 2.48. The Labute approximate surface area is 112 Å². The fraction of sp³-hybridized carbons (Fsp3) is 0.571. The molecule has 2 aliphatic rings. The van der Waals surface area contributed by atoms with Gasteiger partial charge in [-0.25, -0.2) is 9.78 Å². The lowest BCUT2D eigenvalue weighted by Crippen LogP contribution is -2.66. The highest BCUT2D eigenvalue weighted by molar-refractivity contribution is 5.89. The van der Waals surface area contributed by atoms with Crippen LogP contribution in [0.1, 0.15) is 28.9 Å². The standard InChI is InChI=1S/C14H19N3O2/c1-9-11(13(18)19)3-4-12(16-9)17-7-14(8-17)5-10(6-14)15-2/h3-4,10,15H,5-8H2,1-2H3,(H,18,19). The van der Waals surface area contributed by atoms with Crippen LogP contribution in [0.15, 0.2) is 12.1 Å². The molecule has 1 aromatic heterocycles. The second kappa shape index (κ2) is 4.20. The number of carboxylic acid groups (broad SMARTS) is 1. The minimum Gasteiger partial charge on any atom is -0.478 e. The van der Waals surface area contributed by atoms with Gasteiger partial charge in [-0.2, -0.15) is 0 Å². The largest absolute Gasteiger partial charge is 0.478 e. The highest BCUT2D eigenvalue weighted by Crippen LogP contribution is 2.49. The zero-order valence-electron chi connectivity index (χ0n) is 11.3. The Morgan fingerprint density at radius 3 is 2.68 bits per heavy atom. The molecule has 2 N–H and O–H groups in total. The number of aromatic carboxylic acids is 1. The molecule has 0 atom stereocenters. The average molecular weight is 261 g/mol. The van der Waals surface area contributed by atoms with Crippen molar-refractivity contribution in [1.82, 2.24) is 10.3 Å². The maximum atomic E-state index is 11.0. The van der Waals surface area contributed by atoms with Crippen molar-refractivity contribution in [2.45, 2.75) is 25.8 Å². The number of nitrogens with zero attached hydrogens (tertiary/aromatic N) is 2. The molecule has 3 rings (SSSR count). The Balaban J connectivity index is 1.66. The minimum absolute atomic E-state index is 0.290. The van der Waals surface area contributed by atoms with Crippen molar-refractivity contribution >= 4 is 11.8 Å². The van der Waals surface area contributed by atoms with Gasteiger partial charge in [-0.05, 0) is 38.9 Å². The van der Waals surface area contributed by atoms with Crippen molar-refractivity contribution < 1.29 is 9.90 Å². The van der Waals surface area contributed by atoms with Crippen molar-refractivity contribution in [3.05, 3.63) is 23.4 Å². The van der Waals surface area contributed by atoms with Crippen LogP contribution in [0.25, 0.3) is 0 Å². The molecular weight excluding hydrogens is 242 g/mol. The van der Waals surface area contributed by atoms with Gasteiger partial charge >= 0.3 is 5.97 Å². The summed E-state index contributed by atoms with van der Waals surface area (Å²) in [6, 6.07) is 4.14. The lowest BCUT2D eigenvalue weighted by Gasteiger charge is -2.59. The molecule has 1 aliphatic heterocycles. The van der Waals surface area contributed by atoms with Crippen LogP contribution < -0.4 is 10.2 Å². The van der Waals surface area contributed by atoms with Gasteiger partial charge in [0.15, 0.2) is 0 Å². The number of aryl methyl sites for hydroxylation is 1. The van der Waals surface area contributed by atoms with Gasteiger partial charge in [0.25, 0.3) is 0 Å². The maximum absolute atomic E-state index is 11.0. The number of hydrogen-bond acceptors (Lipinski definition) is 4. The molecule has 5 nitrogen and oxygen atoms in total. The molecule has 1 aliphatic carbocycles. The predicted molar refractivity (Wildman–Crippen MR) is 72.7 cm³/mol. The molecule has 0 amide bonds. The summed E-state index contributed by atoms with van der Waals surface area (Å²) in [6.45, 7) is 3.84. The smallest absolute Gasteiger partial charge is 0.337 e. The maximum Gasteiger partial charge on any atom is 0.337 e.